The van der Waals surface area contributed by atoms with Crippen LogP contribution in [0.25, 0.3) is 0 Å². The summed E-state index contributed by atoms with van der Waals surface area (Å²) >= 11 is 0. The van der Waals surface area contributed by atoms with Crippen LogP contribution in [-0.2, 0) is 11.3 Å². The van der Waals surface area contributed by atoms with Gasteiger partial charge in [0, 0.05) is 37.2 Å². The molecule has 4 rings (SSSR count). The number of nitrogens with one attached hydrogen (secondary N) is 3. The summed E-state index contributed by atoms with van der Waals surface area (Å²) in [5.74, 6) is 1.97. The zero-order chi connectivity index (χ0) is 21.8. The van der Waals surface area contributed by atoms with Crippen molar-refractivity contribution in [2.75, 3.05) is 12.4 Å². The molecule has 0 saturated heterocycles. The summed E-state index contributed by atoms with van der Waals surface area (Å²) in [6.07, 6.45) is 4.00. The molecule has 1 aliphatic heterocycles. The number of hydrogen-bond donors (Lipinski definition) is 3. The minimum absolute atomic E-state index is 0. The predicted octanol–water partition coefficient (Wildman–Crippen LogP) is 5.01. The molecular weight excluding hydrogens is 515 g/mol. The highest BCUT2D eigenvalue weighted by Crippen LogP contribution is 2.39. The third-order valence-electron chi connectivity index (χ3n) is 6.04. The number of halogens is 1. The molecule has 2 aromatic rings. The number of rotatable bonds is 5. The van der Waals surface area contributed by atoms with Gasteiger partial charge < -0.3 is 20.7 Å². The lowest BCUT2D eigenvalue weighted by Gasteiger charge is -2.38. The number of guanidine groups is 1. The van der Waals surface area contributed by atoms with Crippen LogP contribution in [0.5, 0.6) is 5.75 Å². The van der Waals surface area contributed by atoms with Gasteiger partial charge in [0.1, 0.15) is 11.4 Å². The first-order valence-electron chi connectivity index (χ1n) is 11.1. The molecule has 0 spiro atoms. The molecule has 7 heteroatoms. The van der Waals surface area contributed by atoms with Crippen molar-refractivity contribution >= 4 is 41.5 Å². The average Bonchev–Trinajstić information content (AvgIpc) is 2.69. The van der Waals surface area contributed by atoms with Crippen molar-refractivity contribution in [3.63, 3.8) is 0 Å². The Labute approximate surface area is 207 Å². The fraction of sp³-hybridized carbons (Fsp3) is 0.440. The normalized spacial score (nSPS) is 19.5. The van der Waals surface area contributed by atoms with Crippen LogP contribution in [0.3, 0.4) is 0 Å². The van der Waals surface area contributed by atoms with Crippen molar-refractivity contribution in [2.24, 2.45) is 10.9 Å². The van der Waals surface area contributed by atoms with Gasteiger partial charge >= 0.3 is 0 Å². The molecule has 0 bridgehead atoms. The van der Waals surface area contributed by atoms with Gasteiger partial charge in [-0.05, 0) is 50.5 Å². The lowest BCUT2D eigenvalue weighted by atomic mass is 9.85. The average molecular weight is 548 g/mol. The van der Waals surface area contributed by atoms with E-state index in [-0.39, 0.29) is 47.4 Å². The topological polar surface area (TPSA) is 74.8 Å². The Kier molecular flexibility index (Phi) is 8.03. The number of para-hydroxylation sites is 1. The van der Waals surface area contributed by atoms with Gasteiger partial charge in [-0.2, -0.15) is 0 Å². The molecule has 0 radical (unpaired) electrons. The van der Waals surface area contributed by atoms with Gasteiger partial charge in [0.25, 0.3) is 0 Å². The summed E-state index contributed by atoms with van der Waals surface area (Å²) in [5.41, 5.74) is 2.82. The van der Waals surface area contributed by atoms with Gasteiger partial charge in [0.2, 0.25) is 5.91 Å². The quantitative estimate of drug-likeness (QED) is 0.279. The minimum Gasteiger partial charge on any atom is -0.487 e. The van der Waals surface area contributed by atoms with Crippen LogP contribution >= 0.6 is 24.0 Å². The number of benzene rings is 2. The fourth-order valence-corrected chi connectivity index (χ4v) is 4.15. The highest BCUT2D eigenvalue weighted by Gasteiger charge is 2.34. The second-order valence-corrected chi connectivity index (χ2v) is 9.04. The third-order valence-corrected chi connectivity index (χ3v) is 6.04. The molecule has 172 valence electrons. The van der Waals surface area contributed by atoms with E-state index in [0.717, 1.165) is 54.2 Å². The van der Waals surface area contributed by atoms with Crippen molar-refractivity contribution in [1.82, 2.24) is 10.6 Å². The van der Waals surface area contributed by atoms with Crippen LogP contribution in [0.4, 0.5) is 5.69 Å². The van der Waals surface area contributed by atoms with Crippen LogP contribution in [0.2, 0.25) is 0 Å². The van der Waals surface area contributed by atoms with Gasteiger partial charge in [-0.3, -0.25) is 9.79 Å². The SMILES string of the molecule is CN=C(NCc1cccc(NC(=O)C2CCC2)c1)NC1CC(C)(C)Oc2ccccc21.I. The molecule has 1 saturated carbocycles. The number of carbonyl (C=O) groups is 1. The molecule has 1 amide bonds. The largest absolute Gasteiger partial charge is 0.487 e. The first-order chi connectivity index (χ1) is 14.9. The van der Waals surface area contributed by atoms with E-state index in [1.807, 2.05) is 42.5 Å². The van der Waals surface area contributed by atoms with Crippen molar-refractivity contribution in [2.45, 2.75) is 57.7 Å². The molecule has 32 heavy (non-hydrogen) atoms. The van der Waals surface area contributed by atoms with E-state index in [0.29, 0.717) is 6.54 Å². The number of fused-ring (bicyclic) bond motifs is 1. The zero-order valence-electron chi connectivity index (χ0n) is 19.0. The highest BCUT2D eigenvalue weighted by atomic mass is 127. The Morgan fingerprint density at radius 2 is 1.94 bits per heavy atom. The maximum atomic E-state index is 12.2. The summed E-state index contributed by atoms with van der Waals surface area (Å²) in [6.45, 7) is 4.83. The highest BCUT2D eigenvalue weighted by molar-refractivity contribution is 14.0. The molecule has 1 atom stereocenters. The van der Waals surface area contributed by atoms with E-state index >= 15 is 0 Å². The number of amides is 1. The Balaban J connectivity index is 0.00000289. The van der Waals surface area contributed by atoms with Crippen LogP contribution in [0.1, 0.15) is 56.7 Å². The summed E-state index contributed by atoms with van der Waals surface area (Å²) in [6, 6.07) is 16.2. The van der Waals surface area contributed by atoms with Gasteiger partial charge in [-0.15, -0.1) is 24.0 Å². The number of hydrogen-bond acceptors (Lipinski definition) is 3. The fourth-order valence-electron chi connectivity index (χ4n) is 4.15. The number of carbonyl (C=O) groups excluding carboxylic acids is 1. The van der Waals surface area contributed by atoms with E-state index < -0.39 is 0 Å². The second-order valence-electron chi connectivity index (χ2n) is 9.04. The molecule has 3 N–H and O–H groups in total. The first kappa shape index (κ1) is 24.4. The summed E-state index contributed by atoms with van der Waals surface area (Å²) < 4.78 is 6.13. The van der Waals surface area contributed by atoms with Crippen molar-refractivity contribution in [3.05, 3.63) is 59.7 Å². The van der Waals surface area contributed by atoms with E-state index in [9.17, 15) is 4.79 Å². The standard InChI is InChI=1S/C25H32N4O2.HI/c1-25(2)15-21(20-12-4-5-13-22(20)31-25)29-24(26-3)27-16-17-8-6-11-19(14-17)28-23(30)18-9-7-10-18;/h4-6,8,11-14,18,21H,7,9-10,15-16H2,1-3H3,(H,28,30)(H2,26,27,29);1H. The van der Waals surface area contributed by atoms with Crippen LogP contribution in [0.15, 0.2) is 53.5 Å². The number of nitrogens with zero attached hydrogens (tertiary/aromatic N) is 1. The van der Waals surface area contributed by atoms with Crippen LogP contribution < -0.4 is 20.7 Å². The van der Waals surface area contributed by atoms with Gasteiger partial charge in [-0.25, -0.2) is 0 Å². The summed E-state index contributed by atoms with van der Waals surface area (Å²) in [4.78, 5) is 16.6. The van der Waals surface area contributed by atoms with Crippen molar-refractivity contribution in [1.29, 1.82) is 0 Å². The van der Waals surface area contributed by atoms with E-state index in [4.69, 9.17) is 4.74 Å². The smallest absolute Gasteiger partial charge is 0.227 e. The molecule has 1 fully saturated rings. The van der Waals surface area contributed by atoms with Gasteiger partial charge in [0.15, 0.2) is 5.96 Å². The zero-order valence-corrected chi connectivity index (χ0v) is 21.3. The summed E-state index contributed by atoms with van der Waals surface area (Å²) in [7, 11) is 1.78. The molecule has 1 unspecified atom stereocenters. The Morgan fingerprint density at radius 1 is 1.16 bits per heavy atom. The Hall–Kier alpha value is -2.29. The molecular formula is C25H33IN4O2. The van der Waals surface area contributed by atoms with E-state index in [1.54, 1.807) is 7.05 Å². The Bertz CT molecular complexity index is 972. The molecule has 6 nitrogen and oxygen atoms in total. The number of ether oxygens (including phenoxy) is 1. The van der Waals surface area contributed by atoms with Crippen LogP contribution in [-0.4, -0.2) is 24.5 Å². The number of anilines is 1. The van der Waals surface area contributed by atoms with Crippen LogP contribution in [0, 0.1) is 5.92 Å². The monoisotopic (exact) mass is 548 g/mol. The number of aliphatic imine (C=N–C) groups is 1. The Morgan fingerprint density at radius 3 is 2.66 bits per heavy atom. The lowest BCUT2D eigenvalue weighted by molar-refractivity contribution is -0.122. The lowest BCUT2D eigenvalue weighted by Crippen LogP contribution is -2.45. The molecule has 2 aromatic carbocycles. The van der Waals surface area contributed by atoms with Gasteiger partial charge in [-0.1, -0.05) is 36.8 Å². The second kappa shape index (κ2) is 10.6. The van der Waals surface area contributed by atoms with E-state index in [2.05, 4.69) is 40.9 Å². The minimum atomic E-state index is -0.252. The molecule has 2 aliphatic rings. The maximum absolute atomic E-state index is 12.2. The summed E-state index contributed by atoms with van der Waals surface area (Å²) in [5, 5.41) is 10.0. The molecule has 1 aliphatic carbocycles. The third kappa shape index (κ3) is 5.94. The van der Waals surface area contributed by atoms with Crippen molar-refractivity contribution in [3.8, 4) is 5.75 Å². The predicted molar refractivity (Wildman–Crippen MR) is 140 cm³/mol. The van der Waals surface area contributed by atoms with Crippen molar-refractivity contribution < 1.29 is 9.53 Å². The maximum Gasteiger partial charge on any atom is 0.227 e. The van der Waals surface area contributed by atoms with Gasteiger partial charge in [0.05, 0.1) is 6.04 Å². The first-order valence-corrected chi connectivity index (χ1v) is 11.1. The van der Waals surface area contributed by atoms with E-state index in [1.165, 1.54) is 0 Å². The molecule has 1 heterocycles. The molecule has 0 aromatic heterocycles.